The number of halogens is 1. The Labute approximate surface area is 100 Å². The third kappa shape index (κ3) is 2.91. The van der Waals surface area contributed by atoms with Crippen LogP contribution in [0.15, 0.2) is 23.1 Å². The predicted molar refractivity (Wildman–Crippen MR) is 65.7 cm³/mol. The molecule has 0 heterocycles. The lowest BCUT2D eigenvalue weighted by Crippen LogP contribution is -2.20. The van der Waals surface area contributed by atoms with E-state index in [0.717, 1.165) is 17.7 Å². The highest BCUT2D eigenvalue weighted by atomic mass is 32.2. The van der Waals surface area contributed by atoms with Crippen molar-refractivity contribution in [3.63, 3.8) is 0 Å². The Hall–Kier alpha value is -0.700. The maximum absolute atomic E-state index is 13.7. The molecule has 0 bridgehead atoms. The third-order valence-corrected chi connectivity index (χ3v) is 3.71. The van der Waals surface area contributed by atoms with Gasteiger partial charge in [-0.1, -0.05) is 6.42 Å². The van der Waals surface area contributed by atoms with Gasteiger partial charge >= 0.3 is 0 Å². The van der Waals surface area contributed by atoms with Crippen molar-refractivity contribution >= 4 is 11.8 Å². The zero-order valence-corrected chi connectivity index (χ0v) is 10.4. The number of thioether (sulfide) groups is 1. The highest BCUT2D eigenvalue weighted by Crippen LogP contribution is 2.27. The fourth-order valence-electron chi connectivity index (χ4n) is 2.07. The lowest BCUT2D eigenvalue weighted by atomic mass is 9.98. The van der Waals surface area contributed by atoms with Gasteiger partial charge in [0.05, 0.1) is 6.10 Å². The molecule has 0 radical (unpaired) electrons. The standard InChI is InChI=1S/C13H17FOS/c1-16-11-7-8-13(12(14)9-11)15-10-5-3-2-4-6-10/h7-10H,2-6H2,1H3. The van der Waals surface area contributed by atoms with Crippen molar-refractivity contribution in [3.05, 3.63) is 24.0 Å². The highest BCUT2D eigenvalue weighted by molar-refractivity contribution is 7.98. The summed E-state index contributed by atoms with van der Waals surface area (Å²) in [6, 6.07) is 5.20. The van der Waals surface area contributed by atoms with Crippen LogP contribution in [0.5, 0.6) is 5.75 Å². The van der Waals surface area contributed by atoms with E-state index in [2.05, 4.69) is 0 Å². The Morgan fingerprint density at radius 1 is 1.25 bits per heavy atom. The summed E-state index contributed by atoms with van der Waals surface area (Å²) in [7, 11) is 0. The van der Waals surface area contributed by atoms with Gasteiger partial charge in [-0.05, 0) is 50.1 Å². The molecule has 1 aliphatic rings. The molecular formula is C13H17FOS. The van der Waals surface area contributed by atoms with Crippen molar-refractivity contribution in [2.24, 2.45) is 0 Å². The molecule has 3 heteroatoms. The van der Waals surface area contributed by atoms with Gasteiger partial charge in [0.25, 0.3) is 0 Å². The van der Waals surface area contributed by atoms with Crippen LogP contribution in [0, 0.1) is 5.82 Å². The molecule has 1 aliphatic carbocycles. The molecule has 1 fully saturated rings. The Bertz CT molecular complexity index is 348. The molecule has 2 rings (SSSR count). The average Bonchev–Trinajstić information content (AvgIpc) is 2.33. The van der Waals surface area contributed by atoms with Crippen LogP contribution in [0.2, 0.25) is 0 Å². The summed E-state index contributed by atoms with van der Waals surface area (Å²) in [5.41, 5.74) is 0. The second-order valence-electron chi connectivity index (χ2n) is 4.17. The van der Waals surface area contributed by atoms with Crippen molar-refractivity contribution in [1.82, 2.24) is 0 Å². The Balaban J connectivity index is 2.03. The van der Waals surface area contributed by atoms with E-state index in [1.54, 1.807) is 23.9 Å². The maximum atomic E-state index is 13.7. The van der Waals surface area contributed by atoms with Crippen molar-refractivity contribution in [2.45, 2.75) is 43.1 Å². The Morgan fingerprint density at radius 2 is 2.00 bits per heavy atom. The monoisotopic (exact) mass is 240 g/mol. The highest BCUT2D eigenvalue weighted by Gasteiger charge is 2.16. The molecule has 1 saturated carbocycles. The van der Waals surface area contributed by atoms with E-state index in [9.17, 15) is 4.39 Å². The summed E-state index contributed by atoms with van der Waals surface area (Å²) in [6.07, 6.45) is 7.96. The number of ether oxygens (including phenoxy) is 1. The van der Waals surface area contributed by atoms with E-state index in [4.69, 9.17) is 4.74 Å². The minimum Gasteiger partial charge on any atom is -0.487 e. The first-order valence-electron chi connectivity index (χ1n) is 5.80. The number of benzene rings is 1. The van der Waals surface area contributed by atoms with Crippen LogP contribution < -0.4 is 4.74 Å². The molecule has 1 nitrogen and oxygen atoms in total. The number of hydrogen-bond acceptors (Lipinski definition) is 2. The van der Waals surface area contributed by atoms with Gasteiger partial charge in [0, 0.05) is 4.90 Å². The normalized spacial score (nSPS) is 17.4. The Morgan fingerprint density at radius 3 is 2.62 bits per heavy atom. The van der Waals surface area contributed by atoms with E-state index in [1.807, 2.05) is 12.3 Å². The molecule has 0 unspecified atom stereocenters. The van der Waals surface area contributed by atoms with E-state index in [1.165, 1.54) is 19.3 Å². The van der Waals surface area contributed by atoms with E-state index >= 15 is 0 Å². The molecule has 0 aromatic heterocycles. The summed E-state index contributed by atoms with van der Waals surface area (Å²) in [5, 5.41) is 0. The minimum atomic E-state index is -0.238. The fourth-order valence-corrected chi connectivity index (χ4v) is 2.49. The minimum absolute atomic E-state index is 0.211. The molecule has 88 valence electrons. The summed E-state index contributed by atoms with van der Waals surface area (Å²) >= 11 is 1.54. The second-order valence-corrected chi connectivity index (χ2v) is 5.05. The van der Waals surface area contributed by atoms with E-state index in [0.29, 0.717) is 5.75 Å². The summed E-state index contributed by atoms with van der Waals surface area (Å²) in [4.78, 5) is 0.938. The quantitative estimate of drug-likeness (QED) is 0.730. The van der Waals surface area contributed by atoms with Crippen molar-refractivity contribution in [1.29, 1.82) is 0 Å². The molecule has 0 amide bonds. The Kier molecular flexibility index (Phi) is 4.10. The molecule has 0 spiro atoms. The smallest absolute Gasteiger partial charge is 0.166 e. The maximum Gasteiger partial charge on any atom is 0.166 e. The molecule has 0 aliphatic heterocycles. The van der Waals surface area contributed by atoms with Gasteiger partial charge in [0.15, 0.2) is 11.6 Å². The first-order chi connectivity index (χ1) is 7.79. The van der Waals surface area contributed by atoms with Crippen LogP contribution in [0.4, 0.5) is 4.39 Å². The number of hydrogen-bond donors (Lipinski definition) is 0. The van der Waals surface area contributed by atoms with Crippen LogP contribution in [0.3, 0.4) is 0 Å². The van der Waals surface area contributed by atoms with E-state index < -0.39 is 0 Å². The van der Waals surface area contributed by atoms with Crippen LogP contribution in [0.25, 0.3) is 0 Å². The van der Waals surface area contributed by atoms with Gasteiger partial charge in [0.2, 0.25) is 0 Å². The van der Waals surface area contributed by atoms with E-state index in [-0.39, 0.29) is 11.9 Å². The van der Waals surface area contributed by atoms with Crippen LogP contribution in [0.1, 0.15) is 32.1 Å². The molecule has 1 aromatic rings. The predicted octanol–water partition coefficient (Wildman–Crippen LogP) is 4.26. The average molecular weight is 240 g/mol. The summed E-state index contributed by atoms with van der Waals surface area (Å²) in [6.45, 7) is 0. The first-order valence-corrected chi connectivity index (χ1v) is 7.02. The zero-order valence-electron chi connectivity index (χ0n) is 9.54. The fraction of sp³-hybridized carbons (Fsp3) is 0.538. The molecule has 0 atom stereocenters. The van der Waals surface area contributed by atoms with Crippen LogP contribution in [-0.2, 0) is 0 Å². The van der Waals surface area contributed by atoms with Gasteiger partial charge in [-0.25, -0.2) is 4.39 Å². The molecule has 16 heavy (non-hydrogen) atoms. The van der Waals surface area contributed by atoms with Crippen molar-refractivity contribution in [3.8, 4) is 5.75 Å². The van der Waals surface area contributed by atoms with Crippen LogP contribution in [-0.4, -0.2) is 12.4 Å². The van der Waals surface area contributed by atoms with Gasteiger partial charge < -0.3 is 4.74 Å². The summed E-state index contributed by atoms with van der Waals surface area (Å²) < 4.78 is 19.4. The molecule has 1 aromatic carbocycles. The molecular weight excluding hydrogens is 223 g/mol. The van der Waals surface area contributed by atoms with Gasteiger partial charge in [-0.2, -0.15) is 0 Å². The van der Waals surface area contributed by atoms with Gasteiger partial charge in [0.1, 0.15) is 0 Å². The molecule has 0 saturated heterocycles. The lowest BCUT2D eigenvalue weighted by molar-refractivity contribution is 0.148. The van der Waals surface area contributed by atoms with Crippen LogP contribution >= 0.6 is 11.8 Å². The topological polar surface area (TPSA) is 9.23 Å². The molecule has 0 N–H and O–H groups in total. The summed E-state index contributed by atoms with van der Waals surface area (Å²) in [5.74, 6) is 0.169. The van der Waals surface area contributed by atoms with Crippen molar-refractivity contribution < 1.29 is 9.13 Å². The van der Waals surface area contributed by atoms with Crippen molar-refractivity contribution in [2.75, 3.05) is 6.26 Å². The zero-order chi connectivity index (χ0) is 11.4. The largest absolute Gasteiger partial charge is 0.487 e. The lowest BCUT2D eigenvalue weighted by Gasteiger charge is -2.23. The first kappa shape index (κ1) is 11.8. The third-order valence-electron chi connectivity index (χ3n) is 2.98. The number of rotatable bonds is 3. The second kappa shape index (κ2) is 5.58. The SMILES string of the molecule is CSc1ccc(OC2CCCCC2)c(F)c1. The van der Waals surface area contributed by atoms with Gasteiger partial charge in [-0.15, -0.1) is 11.8 Å². The van der Waals surface area contributed by atoms with Gasteiger partial charge in [-0.3, -0.25) is 0 Å².